The molecule has 1 aromatic rings. The number of nitrogens with two attached hydrogens (primary N) is 2. The third-order valence-electron chi connectivity index (χ3n) is 2.03. The van der Waals surface area contributed by atoms with E-state index in [1.54, 1.807) is 18.1 Å². The lowest BCUT2D eigenvalue weighted by Gasteiger charge is -2.16. The topological polar surface area (TPSA) is 104 Å². The molecule has 0 aliphatic heterocycles. The Morgan fingerprint density at radius 1 is 1.50 bits per heavy atom. The summed E-state index contributed by atoms with van der Waals surface area (Å²) in [5.74, 6) is -0.0504. The second-order valence-electron chi connectivity index (χ2n) is 3.35. The second-order valence-corrected chi connectivity index (χ2v) is 3.35. The first kappa shape index (κ1) is 12.0. The van der Waals surface area contributed by atoms with Gasteiger partial charge in [-0.05, 0) is 12.1 Å². The van der Waals surface area contributed by atoms with E-state index in [0.717, 1.165) is 12.1 Å². The van der Waals surface area contributed by atoms with Gasteiger partial charge in [-0.3, -0.25) is 10.4 Å². The van der Waals surface area contributed by atoms with E-state index in [9.17, 15) is 0 Å². The number of likely N-dealkylation sites (N-methyl/N-ethyl adjacent to an activating group) is 1. The highest BCUT2D eigenvalue weighted by atomic mass is 15.2. The van der Waals surface area contributed by atoms with Crippen LogP contribution in [0.3, 0.4) is 0 Å². The van der Waals surface area contributed by atoms with Crippen LogP contribution in [0.15, 0.2) is 29.4 Å². The fourth-order valence-corrected chi connectivity index (χ4v) is 1.14. The number of aromatic nitrogens is 1. The maximum absolute atomic E-state index is 7.55. The van der Waals surface area contributed by atoms with E-state index in [2.05, 4.69) is 9.98 Å². The van der Waals surface area contributed by atoms with E-state index >= 15 is 0 Å². The third kappa shape index (κ3) is 3.95. The molecule has 1 heterocycles. The summed E-state index contributed by atoms with van der Waals surface area (Å²) in [5.41, 5.74) is 11.4. The minimum absolute atomic E-state index is 0.0518. The molecule has 1 aromatic heterocycles. The van der Waals surface area contributed by atoms with Crippen LogP contribution in [0.2, 0.25) is 0 Å². The van der Waals surface area contributed by atoms with E-state index in [0.29, 0.717) is 6.54 Å². The molecule has 0 radical (unpaired) electrons. The van der Waals surface area contributed by atoms with Crippen LogP contribution in [-0.4, -0.2) is 35.4 Å². The molecule has 0 saturated heterocycles. The average molecular weight is 220 g/mol. The highest BCUT2D eigenvalue weighted by Gasteiger charge is 2.03. The molecule has 16 heavy (non-hydrogen) atoms. The van der Waals surface area contributed by atoms with Crippen molar-refractivity contribution in [3.8, 4) is 0 Å². The molecule has 0 fully saturated rings. The number of guanidine groups is 2. The standard InChI is InChI=1S/C10H16N6/c1-16(10(13)15-9(11)12)7-5-8-4-2-3-6-14-8/h2-4,6H,5,7H2,1H3,(H5,11,12,13,15). The summed E-state index contributed by atoms with van der Waals surface area (Å²) in [6.45, 7) is 0.645. The van der Waals surface area contributed by atoms with Crippen LogP contribution in [0.5, 0.6) is 0 Å². The van der Waals surface area contributed by atoms with Crippen molar-refractivity contribution >= 4 is 11.9 Å². The summed E-state index contributed by atoms with van der Waals surface area (Å²) in [6, 6.07) is 5.75. The lowest BCUT2D eigenvalue weighted by atomic mass is 10.2. The Labute approximate surface area is 94.5 Å². The molecule has 0 aliphatic rings. The molecule has 86 valence electrons. The predicted molar refractivity (Wildman–Crippen MR) is 64.1 cm³/mol. The second kappa shape index (κ2) is 5.69. The fourth-order valence-electron chi connectivity index (χ4n) is 1.14. The van der Waals surface area contributed by atoms with Gasteiger partial charge in [-0.2, -0.15) is 4.99 Å². The van der Waals surface area contributed by atoms with Crippen LogP contribution < -0.4 is 11.5 Å². The van der Waals surface area contributed by atoms with Gasteiger partial charge in [0, 0.05) is 31.9 Å². The normalized spacial score (nSPS) is 9.56. The first-order valence-electron chi connectivity index (χ1n) is 4.89. The van der Waals surface area contributed by atoms with Gasteiger partial charge in [0.2, 0.25) is 5.96 Å². The Kier molecular flexibility index (Phi) is 4.26. The van der Waals surface area contributed by atoms with Gasteiger partial charge < -0.3 is 16.4 Å². The maximum Gasteiger partial charge on any atom is 0.220 e. The Hall–Kier alpha value is -2.11. The van der Waals surface area contributed by atoms with Gasteiger partial charge in [-0.25, -0.2) is 0 Å². The number of rotatable bonds is 3. The number of hydrogen-bond donors (Lipinski definition) is 3. The summed E-state index contributed by atoms with van der Waals surface area (Å²) in [5, 5.41) is 7.55. The summed E-state index contributed by atoms with van der Waals surface area (Å²) in [4.78, 5) is 9.50. The lowest BCUT2D eigenvalue weighted by Crippen LogP contribution is -2.31. The molecular weight excluding hydrogens is 204 g/mol. The predicted octanol–water partition coefficient (Wildman–Crippen LogP) is -0.236. The van der Waals surface area contributed by atoms with Crippen LogP contribution in [0, 0.1) is 5.41 Å². The Bertz CT molecular complexity index is 368. The van der Waals surface area contributed by atoms with Crippen molar-refractivity contribution in [1.29, 1.82) is 5.41 Å². The van der Waals surface area contributed by atoms with Crippen LogP contribution in [0.25, 0.3) is 0 Å². The number of aliphatic imine (C=N–C) groups is 1. The van der Waals surface area contributed by atoms with Gasteiger partial charge in [0.25, 0.3) is 0 Å². The average Bonchev–Trinajstić information content (AvgIpc) is 2.26. The van der Waals surface area contributed by atoms with Crippen molar-refractivity contribution in [3.05, 3.63) is 30.1 Å². The van der Waals surface area contributed by atoms with Gasteiger partial charge in [0.1, 0.15) is 0 Å². The fraction of sp³-hybridized carbons (Fsp3) is 0.300. The van der Waals surface area contributed by atoms with Crippen LogP contribution in [0.4, 0.5) is 0 Å². The van der Waals surface area contributed by atoms with E-state index < -0.39 is 0 Å². The zero-order valence-corrected chi connectivity index (χ0v) is 9.22. The lowest BCUT2D eigenvalue weighted by molar-refractivity contribution is 0.496. The van der Waals surface area contributed by atoms with Crippen LogP contribution in [0.1, 0.15) is 5.69 Å². The van der Waals surface area contributed by atoms with Gasteiger partial charge in [0.15, 0.2) is 5.96 Å². The summed E-state index contributed by atoms with van der Waals surface area (Å²) in [7, 11) is 1.76. The molecule has 0 aliphatic carbocycles. The molecule has 0 aromatic carbocycles. The molecule has 0 spiro atoms. The number of pyridine rings is 1. The van der Waals surface area contributed by atoms with Crippen molar-refractivity contribution in [1.82, 2.24) is 9.88 Å². The highest BCUT2D eigenvalue weighted by molar-refractivity contribution is 5.91. The Morgan fingerprint density at radius 3 is 2.81 bits per heavy atom. The minimum atomic E-state index is -0.102. The number of nitrogens with one attached hydrogen (secondary N) is 1. The van der Waals surface area contributed by atoms with E-state index in [1.165, 1.54) is 0 Å². The molecular formula is C10H16N6. The molecule has 0 bridgehead atoms. The van der Waals surface area contributed by atoms with Crippen molar-refractivity contribution in [2.75, 3.05) is 13.6 Å². The van der Waals surface area contributed by atoms with Crippen molar-refractivity contribution in [2.24, 2.45) is 16.5 Å². The van der Waals surface area contributed by atoms with Gasteiger partial charge in [-0.15, -0.1) is 0 Å². The molecule has 0 amide bonds. The molecule has 5 N–H and O–H groups in total. The largest absolute Gasteiger partial charge is 0.370 e. The van der Waals surface area contributed by atoms with Crippen molar-refractivity contribution < 1.29 is 0 Å². The van der Waals surface area contributed by atoms with E-state index in [1.807, 2.05) is 18.2 Å². The van der Waals surface area contributed by atoms with Crippen LogP contribution in [-0.2, 0) is 6.42 Å². The Morgan fingerprint density at radius 2 is 2.25 bits per heavy atom. The molecule has 1 rings (SSSR count). The van der Waals surface area contributed by atoms with E-state index in [-0.39, 0.29) is 11.9 Å². The molecule has 0 atom stereocenters. The maximum atomic E-state index is 7.55. The number of nitrogens with zero attached hydrogens (tertiary/aromatic N) is 3. The van der Waals surface area contributed by atoms with Gasteiger partial charge in [0.05, 0.1) is 0 Å². The first-order chi connectivity index (χ1) is 7.59. The Balaban J connectivity index is 2.44. The van der Waals surface area contributed by atoms with Crippen molar-refractivity contribution in [2.45, 2.75) is 6.42 Å². The first-order valence-corrected chi connectivity index (χ1v) is 4.89. The quantitative estimate of drug-likeness (QED) is 0.483. The van der Waals surface area contributed by atoms with E-state index in [4.69, 9.17) is 16.9 Å². The monoisotopic (exact) mass is 220 g/mol. The smallest absolute Gasteiger partial charge is 0.220 e. The van der Waals surface area contributed by atoms with Gasteiger partial charge >= 0.3 is 0 Å². The van der Waals surface area contributed by atoms with Crippen LogP contribution >= 0.6 is 0 Å². The molecule has 6 nitrogen and oxygen atoms in total. The SMILES string of the molecule is CN(CCc1ccccn1)C(=N)N=C(N)N. The third-order valence-corrected chi connectivity index (χ3v) is 2.03. The number of hydrogen-bond acceptors (Lipinski definition) is 2. The molecule has 0 saturated carbocycles. The summed E-state index contributed by atoms with van der Waals surface area (Å²) >= 11 is 0. The molecule has 6 heteroatoms. The minimum Gasteiger partial charge on any atom is -0.370 e. The highest BCUT2D eigenvalue weighted by Crippen LogP contribution is 1.97. The zero-order chi connectivity index (χ0) is 12.0. The van der Waals surface area contributed by atoms with Crippen molar-refractivity contribution in [3.63, 3.8) is 0 Å². The van der Waals surface area contributed by atoms with Gasteiger partial charge in [-0.1, -0.05) is 6.07 Å². The summed E-state index contributed by atoms with van der Waals surface area (Å²) in [6.07, 6.45) is 2.50. The molecule has 0 unspecified atom stereocenters. The summed E-state index contributed by atoms with van der Waals surface area (Å²) < 4.78 is 0. The zero-order valence-electron chi connectivity index (χ0n) is 9.22.